The Kier molecular flexibility index (Phi) is 4.60. The van der Waals surface area contributed by atoms with Crippen LogP contribution in [0.1, 0.15) is 13.8 Å². The van der Waals surface area contributed by atoms with Crippen molar-refractivity contribution in [3.8, 4) is 5.75 Å². The lowest BCUT2D eigenvalue weighted by Crippen LogP contribution is -2.14. The zero-order chi connectivity index (χ0) is 11.1. The molecule has 0 spiro atoms. The van der Waals surface area contributed by atoms with Gasteiger partial charge in [0.05, 0.1) is 12.8 Å². The van der Waals surface area contributed by atoms with Crippen LogP contribution in [-0.4, -0.2) is 25.2 Å². The molecule has 0 unspecified atom stereocenters. The Bertz CT molecular complexity index is 304. The Balaban J connectivity index is 2.63. The molecule has 0 saturated carbocycles. The highest BCUT2D eigenvalue weighted by atomic mass is 16.5. The van der Waals surface area contributed by atoms with Crippen LogP contribution in [0.2, 0.25) is 0 Å². The van der Waals surface area contributed by atoms with Crippen LogP contribution in [0, 0.1) is 0 Å². The maximum Gasteiger partial charge on any atom is 0.119 e. The molecule has 0 aliphatic heterocycles. The number of nitrogens with zero attached hydrogens (tertiary/aromatic N) is 3. The zero-order valence-electron chi connectivity index (χ0n) is 9.47. The molecule has 4 nitrogen and oxygen atoms in total. The molecule has 1 aromatic rings. The van der Waals surface area contributed by atoms with Crippen molar-refractivity contribution in [2.75, 3.05) is 20.2 Å². The van der Waals surface area contributed by atoms with Crippen LogP contribution in [0.4, 0.5) is 5.69 Å². The molecule has 0 heterocycles. The monoisotopic (exact) mass is 207 g/mol. The standard InChI is InChI=1S/C11H17N3O/c1-4-14(5-2)13-12-10-6-8-11(15-3)9-7-10/h6-9H,4-5H2,1-3H3. The summed E-state index contributed by atoms with van der Waals surface area (Å²) in [6, 6.07) is 7.50. The summed E-state index contributed by atoms with van der Waals surface area (Å²) in [5, 5.41) is 10.1. The molecule has 15 heavy (non-hydrogen) atoms. The molecule has 1 aromatic carbocycles. The van der Waals surface area contributed by atoms with Gasteiger partial charge in [0.15, 0.2) is 0 Å². The molecular formula is C11H17N3O. The minimum absolute atomic E-state index is 0.830. The van der Waals surface area contributed by atoms with Gasteiger partial charge in [-0.1, -0.05) is 5.22 Å². The number of rotatable bonds is 5. The lowest BCUT2D eigenvalue weighted by Gasteiger charge is -2.10. The number of ether oxygens (including phenoxy) is 1. The third-order valence-corrected chi connectivity index (χ3v) is 2.09. The zero-order valence-corrected chi connectivity index (χ0v) is 9.47. The summed E-state index contributed by atoms with van der Waals surface area (Å²) in [5.41, 5.74) is 0.836. The summed E-state index contributed by atoms with van der Waals surface area (Å²) < 4.78 is 5.05. The van der Waals surface area contributed by atoms with Crippen molar-refractivity contribution in [3.05, 3.63) is 24.3 Å². The Morgan fingerprint density at radius 2 is 1.73 bits per heavy atom. The average Bonchev–Trinajstić information content (AvgIpc) is 2.31. The summed E-state index contributed by atoms with van der Waals surface area (Å²) in [6.45, 7) is 5.85. The highest BCUT2D eigenvalue weighted by Crippen LogP contribution is 2.17. The molecule has 0 atom stereocenters. The maximum atomic E-state index is 5.05. The van der Waals surface area contributed by atoms with Crippen molar-refractivity contribution in [3.63, 3.8) is 0 Å². The molecule has 0 amide bonds. The highest BCUT2D eigenvalue weighted by Gasteiger charge is 1.94. The van der Waals surface area contributed by atoms with Crippen molar-refractivity contribution in [1.82, 2.24) is 5.01 Å². The van der Waals surface area contributed by atoms with Gasteiger partial charge in [-0.3, -0.25) is 5.01 Å². The second-order valence-electron chi connectivity index (χ2n) is 3.03. The van der Waals surface area contributed by atoms with E-state index in [-0.39, 0.29) is 0 Å². The van der Waals surface area contributed by atoms with Gasteiger partial charge in [-0.25, -0.2) is 0 Å². The van der Waals surface area contributed by atoms with E-state index in [9.17, 15) is 0 Å². The van der Waals surface area contributed by atoms with Crippen LogP contribution in [0.3, 0.4) is 0 Å². The van der Waals surface area contributed by atoms with Gasteiger partial charge in [0.2, 0.25) is 0 Å². The van der Waals surface area contributed by atoms with Gasteiger partial charge in [-0.2, -0.15) is 0 Å². The van der Waals surface area contributed by atoms with E-state index in [2.05, 4.69) is 24.2 Å². The van der Waals surface area contributed by atoms with E-state index in [1.807, 2.05) is 29.3 Å². The SMILES string of the molecule is CCN(CC)N=Nc1ccc(OC)cc1. The lowest BCUT2D eigenvalue weighted by molar-refractivity contribution is 0.300. The summed E-state index contributed by atoms with van der Waals surface area (Å²) in [6.07, 6.45) is 0. The van der Waals surface area contributed by atoms with Gasteiger partial charge in [0, 0.05) is 13.1 Å². The maximum absolute atomic E-state index is 5.05. The molecular weight excluding hydrogens is 190 g/mol. The number of hydrogen-bond donors (Lipinski definition) is 0. The van der Waals surface area contributed by atoms with Crippen molar-refractivity contribution in [2.24, 2.45) is 10.3 Å². The van der Waals surface area contributed by atoms with Crippen molar-refractivity contribution in [2.45, 2.75) is 13.8 Å². The summed E-state index contributed by atoms with van der Waals surface area (Å²) in [7, 11) is 1.65. The first-order chi connectivity index (χ1) is 7.30. The summed E-state index contributed by atoms with van der Waals surface area (Å²) in [4.78, 5) is 0. The van der Waals surface area contributed by atoms with Gasteiger partial charge in [0.25, 0.3) is 0 Å². The molecule has 82 valence electrons. The molecule has 0 radical (unpaired) electrons. The van der Waals surface area contributed by atoms with Gasteiger partial charge in [0.1, 0.15) is 5.75 Å². The molecule has 0 N–H and O–H groups in total. The quantitative estimate of drug-likeness (QED) is 0.549. The minimum Gasteiger partial charge on any atom is -0.497 e. The molecule has 0 aliphatic rings. The first-order valence-corrected chi connectivity index (χ1v) is 5.10. The van der Waals surface area contributed by atoms with Gasteiger partial charge in [-0.15, -0.1) is 5.11 Å². The van der Waals surface area contributed by atoms with E-state index in [0.717, 1.165) is 24.5 Å². The Hall–Kier alpha value is -1.58. The first kappa shape index (κ1) is 11.5. The molecule has 0 fully saturated rings. The van der Waals surface area contributed by atoms with Crippen LogP contribution in [0.25, 0.3) is 0 Å². The highest BCUT2D eigenvalue weighted by molar-refractivity contribution is 5.40. The second kappa shape index (κ2) is 6.01. The van der Waals surface area contributed by atoms with Gasteiger partial charge >= 0.3 is 0 Å². The average molecular weight is 207 g/mol. The molecule has 0 aliphatic carbocycles. The topological polar surface area (TPSA) is 37.2 Å². The normalized spacial score (nSPS) is 10.6. The van der Waals surface area contributed by atoms with Crippen LogP contribution < -0.4 is 4.74 Å². The Morgan fingerprint density at radius 1 is 1.13 bits per heavy atom. The summed E-state index contributed by atoms with van der Waals surface area (Å²) in [5.74, 6) is 0.830. The van der Waals surface area contributed by atoms with Gasteiger partial charge < -0.3 is 4.74 Å². The third kappa shape index (κ3) is 3.58. The first-order valence-electron chi connectivity index (χ1n) is 5.10. The summed E-state index contributed by atoms with van der Waals surface area (Å²) >= 11 is 0. The predicted octanol–water partition coefficient (Wildman–Crippen LogP) is 3.04. The molecule has 4 heteroatoms. The lowest BCUT2D eigenvalue weighted by atomic mass is 10.3. The Morgan fingerprint density at radius 3 is 2.20 bits per heavy atom. The van der Waals surface area contributed by atoms with Crippen molar-refractivity contribution < 1.29 is 4.74 Å². The van der Waals surface area contributed by atoms with Crippen molar-refractivity contribution >= 4 is 5.69 Å². The van der Waals surface area contributed by atoms with E-state index < -0.39 is 0 Å². The molecule has 0 saturated heterocycles. The number of benzene rings is 1. The third-order valence-electron chi connectivity index (χ3n) is 2.09. The van der Waals surface area contributed by atoms with Crippen LogP contribution in [-0.2, 0) is 0 Å². The largest absolute Gasteiger partial charge is 0.497 e. The van der Waals surface area contributed by atoms with E-state index in [0.29, 0.717) is 0 Å². The van der Waals surface area contributed by atoms with E-state index in [1.54, 1.807) is 7.11 Å². The number of methoxy groups -OCH3 is 1. The predicted molar refractivity (Wildman–Crippen MR) is 60.4 cm³/mol. The number of hydrogen-bond acceptors (Lipinski definition) is 3. The van der Waals surface area contributed by atoms with E-state index in [4.69, 9.17) is 4.74 Å². The fraction of sp³-hybridized carbons (Fsp3) is 0.455. The van der Waals surface area contributed by atoms with E-state index >= 15 is 0 Å². The molecule has 0 bridgehead atoms. The fourth-order valence-electron chi connectivity index (χ4n) is 1.11. The smallest absolute Gasteiger partial charge is 0.119 e. The van der Waals surface area contributed by atoms with Crippen molar-refractivity contribution in [1.29, 1.82) is 0 Å². The van der Waals surface area contributed by atoms with Crippen LogP contribution in [0.15, 0.2) is 34.6 Å². The van der Waals surface area contributed by atoms with Crippen LogP contribution >= 0.6 is 0 Å². The molecule has 0 aromatic heterocycles. The second-order valence-corrected chi connectivity index (χ2v) is 3.03. The fourth-order valence-corrected chi connectivity index (χ4v) is 1.11. The van der Waals surface area contributed by atoms with Gasteiger partial charge in [-0.05, 0) is 38.1 Å². The Labute approximate surface area is 90.5 Å². The van der Waals surface area contributed by atoms with Crippen LogP contribution in [0.5, 0.6) is 5.75 Å². The minimum atomic E-state index is 0.830. The molecule has 1 rings (SSSR count). The van der Waals surface area contributed by atoms with E-state index in [1.165, 1.54) is 0 Å².